The van der Waals surface area contributed by atoms with Gasteiger partial charge in [-0.1, -0.05) is 18.2 Å². The van der Waals surface area contributed by atoms with Gasteiger partial charge in [0.15, 0.2) is 0 Å². The maximum atomic E-state index is 12.4. The molecule has 0 saturated carbocycles. The molecule has 0 fully saturated rings. The van der Waals surface area contributed by atoms with Gasteiger partial charge in [-0.3, -0.25) is 9.10 Å². The molecule has 2 aromatic rings. The first-order chi connectivity index (χ1) is 11.7. The number of nitrogens with zero attached hydrogens (tertiary/aromatic N) is 2. The molecule has 0 unspecified atom stereocenters. The largest absolute Gasteiger partial charge is 0.324 e. The molecule has 2 rings (SSSR count). The number of anilines is 2. The number of amides is 1. The third-order valence-electron chi connectivity index (χ3n) is 3.49. The Balaban J connectivity index is 2.29. The SMILES string of the molecule is Cc1cc(C)cc(NC(=O)CN(c2ccccc2C#N)S(C)(=O)=O)c1. The molecule has 6 nitrogen and oxygen atoms in total. The Morgan fingerprint density at radius 3 is 2.32 bits per heavy atom. The van der Waals surface area contributed by atoms with Crippen LogP contribution < -0.4 is 9.62 Å². The van der Waals surface area contributed by atoms with E-state index in [2.05, 4.69) is 5.32 Å². The van der Waals surface area contributed by atoms with Crippen molar-refractivity contribution in [2.75, 3.05) is 22.4 Å². The number of sulfonamides is 1. The number of benzene rings is 2. The van der Waals surface area contributed by atoms with Gasteiger partial charge in [-0.05, 0) is 49.2 Å². The van der Waals surface area contributed by atoms with Crippen molar-refractivity contribution in [3.05, 3.63) is 59.2 Å². The summed E-state index contributed by atoms with van der Waals surface area (Å²) in [6.45, 7) is 3.41. The van der Waals surface area contributed by atoms with Crippen LogP contribution in [0.15, 0.2) is 42.5 Å². The molecule has 0 heterocycles. The van der Waals surface area contributed by atoms with Gasteiger partial charge in [0.05, 0.1) is 17.5 Å². The normalized spacial score (nSPS) is 10.8. The van der Waals surface area contributed by atoms with Gasteiger partial charge in [0.2, 0.25) is 15.9 Å². The summed E-state index contributed by atoms with van der Waals surface area (Å²) < 4.78 is 25.2. The molecule has 1 amide bonds. The lowest BCUT2D eigenvalue weighted by atomic mass is 10.1. The summed E-state index contributed by atoms with van der Waals surface area (Å²) in [4.78, 5) is 12.4. The highest BCUT2D eigenvalue weighted by Crippen LogP contribution is 2.22. The number of carbonyl (C=O) groups is 1. The van der Waals surface area contributed by atoms with Crippen molar-refractivity contribution in [3.8, 4) is 6.07 Å². The molecule has 0 bridgehead atoms. The van der Waals surface area contributed by atoms with Gasteiger partial charge in [0.25, 0.3) is 0 Å². The molecular formula is C18H19N3O3S. The quantitative estimate of drug-likeness (QED) is 0.890. The summed E-state index contributed by atoms with van der Waals surface area (Å²) in [6, 6.07) is 13.8. The molecule has 1 N–H and O–H groups in total. The van der Waals surface area contributed by atoms with Crippen molar-refractivity contribution in [1.82, 2.24) is 0 Å². The van der Waals surface area contributed by atoms with Crippen LogP contribution in [-0.2, 0) is 14.8 Å². The topological polar surface area (TPSA) is 90.3 Å². The van der Waals surface area contributed by atoms with E-state index in [0.717, 1.165) is 21.7 Å². The molecule has 0 aliphatic carbocycles. The Kier molecular flexibility index (Phi) is 5.45. The van der Waals surface area contributed by atoms with Crippen LogP contribution in [0.3, 0.4) is 0 Å². The third kappa shape index (κ3) is 4.81. The fraction of sp³-hybridized carbons (Fsp3) is 0.222. The standard InChI is InChI=1S/C18H19N3O3S/c1-13-8-14(2)10-16(9-13)20-18(22)12-21(25(3,23)24)17-7-5-4-6-15(17)11-19/h4-10H,12H2,1-3H3,(H,20,22). The monoisotopic (exact) mass is 357 g/mol. The van der Waals surface area contributed by atoms with Crippen molar-refractivity contribution in [2.45, 2.75) is 13.8 Å². The van der Waals surface area contributed by atoms with Crippen molar-refractivity contribution < 1.29 is 13.2 Å². The molecule has 130 valence electrons. The van der Waals surface area contributed by atoms with Gasteiger partial charge < -0.3 is 5.32 Å². The zero-order valence-electron chi connectivity index (χ0n) is 14.3. The van der Waals surface area contributed by atoms with Crippen molar-refractivity contribution in [3.63, 3.8) is 0 Å². The van der Waals surface area contributed by atoms with E-state index < -0.39 is 22.5 Å². The van der Waals surface area contributed by atoms with Gasteiger partial charge in [-0.15, -0.1) is 0 Å². The second-order valence-corrected chi connectivity index (χ2v) is 7.73. The molecular weight excluding hydrogens is 338 g/mol. The molecule has 0 radical (unpaired) electrons. The van der Waals surface area contributed by atoms with Crippen LogP contribution in [0.1, 0.15) is 16.7 Å². The predicted molar refractivity (Wildman–Crippen MR) is 97.9 cm³/mol. The van der Waals surface area contributed by atoms with Gasteiger partial charge in [0.1, 0.15) is 12.6 Å². The van der Waals surface area contributed by atoms with Crippen LogP contribution in [0.4, 0.5) is 11.4 Å². The fourth-order valence-corrected chi connectivity index (χ4v) is 3.41. The fourth-order valence-electron chi connectivity index (χ4n) is 2.54. The van der Waals surface area contributed by atoms with Crippen LogP contribution in [0.5, 0.6) is 0 Å². The van der Waals surface area contributed by atoms with E-state index in [1.807, 2.05) is 26.0 Å². The molecule has 0 aliphatic heterocycles. The van der Waals surface area contributed by atoms with E-state index in [-0.39, 0.29) is 11.3 Å². The van der Waals surface area contributed by atoms with E-state index in [1.54, 1.807) is 24.3 Å². The summed E-state index contributed by atoms with van der Waals surface area (Å²) >= 11 is 0. The van der Waals surface area contributed by atoms with Crippen LogP contribution in [-0.4, -0.2) is 27.1 Å². The zero-order valence-corrected chi connectivity index (χ0v) is 15.1. The first kappa shape index (κ1) is 18.5. The molecule has 7 heteroatoms. The van der Waals surface area contributed by atoms with Gasteiger partial charge in [-0.2, -0.15) is 5.26 Å². The molecule has 2 aromatic carbocycles. The number of nitriles is 1. The van der Waals surface area contributed by atoms with Crippen LogP contribution in [0, 0.1) is 25.2 Å². The minimum Gasteiger partial charge on any atom is -0.324 e. The highest BCUT2D eigenvalue weighted by atomic mass is 32.2. The number of nitrogens with one attached hydrogen (secondary N) is 1. The summed E-state index contributed by atoms with van der Waals surface area (Å²) in [5.41, 5.74) is 2.95. The summed E-state index contributed by atoms with van der Waals surface area (Å²) in [5.74, 6) is -0.483. The summed E-state index contributed by atoms with van der Waals surface area (Å²) in [5, 5.41) is 11.9. The number of aryl methyl sites for hydroxylation is 2. The van der Waals surface area contributed by atoms with Crippen LogP contribution >= 0.6 is 0 Å². The van der Waals surface area contributed by atoms with E-state index in [9.17, 15) is 18.5 Å². The average molecular weight is 357 g/mol. The average Bonchev–Trinajstić information content (AvgIpc) is 2.50. The van der Waals surface area contributed by atoms with Crippen LogP contribution in [0.2, 0.25) is 0 Å². The second kappa shape index (κ2) is 7.36. The van der Waals surface area contributed by atoms with Gasteiger partial charge in [-0.25, -0.2) is 8.42 Å². The second-order valence-electron chi connectivity index (χ2n) is 5.82. The highest BCUT2D eigenvalue weighted by molar-refractivity contribution is 7.92. The number of hydrogen-bond acceptors (Lipinski definition) is 4. The number of carbonyl (C=O) groups excluding carboxylic acids is 1. The lowest BCUT2D eigenvalue weighted by Gasteiger charge is -2.22. The molecule has 0 aromatic heterocycles. The third-order valence-corrected chi connectivity index (χ3v) is 4.61. The molecule has 0 aliphatic rings. The summed E-state index contributed by atoms with van der Waals surface area (Å²) in [6.07, 6.45) is 1.01. The van der Waals surface area contributed by atoms with Crippen molar-refractivity contribution in [2.24, 2.45) is 0 Å². The number of hydrogen-bond donors (Lipinski definition) is 1. The molecule has 0 saturated heterocycles. The zero-order chi connectivity index (χ0) is 18.6. The Morgan fingerprint density at radius 1 is 1.16 bits per heavy atom. The summed E-state index contributed by atoms with van der Waals surface area (Å²) in [7, 11) is -3.73. The van der Waals surface area contributed by atoms with E-state index >= 15 is 0 Å². The van der Waals surface area contributed by atoms with Gasteiger partial charge >= 0.3 is 0 Å². The Morgan fingerprint density at radius 2 is 1.76 bits per heavy atom. The van der Waals surface area contributed by atoms with E-state index in [4.69, 9.17) is 0 Å². The van der Waals surface area contributed by atoms with E-state index in [0.29, 0.717) is 5.69 Å². The minimum absolute atomic E-state index is 0.183. The maximum absolute atomic E-state index is 12.4. The molecule has 0 spiro atoms. The lowest BCUT2D eigenvalue weighted by molar-refractivity contribution is -0.114. The van der Waals surface area contributed by atoms with Crippen molar-refractivity contribution in [1.29, 1.82) is 5.26 Å². The first-order valence-electron chi connectivity index (χ1n) is 7.55. The minimum atomic E-state index is -3.73. The predicted octanol–water partition coefficient (Wildman–Crippen LogP) is 2.58. The Bertz CT molecular complexity index is 926. The first-order valence-corrected chi connectivity index (χ1v) is 9.40. The Hall–Kier alpha value is -2.85. The van der Waals surface area contributed by atoms with Crippen LogP contribution in [0.25, 0.3) is 0 Å². The maximum Gasteiger partial charge on any atom is 0.245 e. The molecule has 0 atom stereocenters. The highest BCUT2D eigenvalue weighted by Gasteiger charge is 2.23. The number of rotatable bonds is 5. The lowest BCUT2D eigenvalue weighted by Crippen LogP contribution is -2.37. The van der Waals surface area contributed by atoms with Crippen molar-refractivity contribution >= 4 is 27.3 Å². The Labute approximate surface area is 147 Å². The molecule has 25 heavy (non-hydrogen) atoms. The van der Waals surface area contributed by atoms with E-state index in [1.165, 1.54) is 12.1 Å². The number of para-hydroxylation sites is 1. The van der Waals surface area contributed by atoms with Gasteiger partial charge in [0, 0.05) is 5.69 Å². The smallest absolute Gasteiger partial charge is 0.245 e.